The molecule has 19 heavy (non-hydrogen) atoms. The van der Waals surface area contributed by atoms with Gasteiger partial charge < -0.3 is 0 Å². The number of benzene rings is 1. The molecule has 1 unspecified atom stereocenters. The maximum atomic E-state index is 10.7. The van der Waals surface area contributed by atoms with Crippen LogP contribution in [0, 0.1) is 33.3 Å². The summed E-state index contributed by atoms with van der Waals surface area (Å²) in [5.41, 5.74) is 1.97. The number of rotatable bonds is 2. The van der Waals surface area contributed by atoms with Crippen molar-refractivity contribution < 1.29 is 4.92 Å². The highest BCUT2D eigenvalue weighted by molar-refractivity contribution is 5.35. The molecule has 2 bridgehead atoms. The molecular weight excluding hydrogens is 238 g/mol. The van der Waals surface area contributed by atoms with Crippen LogP contribution in [0.2, 0.25) is 0 Å². The summed E-state index contributed by atoms with van der Waals surface area (Å²) in [6.07, 6.45) is 2.61. The fourth-order valence-corrected chi connectivity index (χ4v) is 4.43. The maximum Gasteiger partial charge on any atom is 0.269 e. The molecule has 0 N–H and O–H groups in total. The third kappa shape index (κ3) is 1.78. The van der Waals surface area contributed by atoms with Gasteiger partial charge in [-0.25, -0.2) is 0 Å². The summed E-state index contributed by atoms with van der Waals surface area (Å²) in [6, 6.07) is 7.20. The molecule has 0 spiro atoms. The van der Waals surface area contributed by atoms with Gasteiger partial charge in [-0.3, -0.25) is 10.1 Å². The third-order valence-corrected chi connectivity index (χ3v) is 5.89. The number of fused-ring (bicyclic) bond motifs is 2. The summed E-state index contributed by atoms with van der Waals surface area (Å²) in [4.78, 5) is 10.4. The average Bonchev–Trinajstić information content (AvgIpc) is 2.38. The van der Waals surface area contributed by atoms with Crippen molar-refractivity contribution in [1.82, 2.24) is 0 Å². The van der Waals surface area contributed by atoms with Crippen molar-refractivity contribution in [3.63, 3.8) is 0 Å². The lowest BCUT2D eigenvalue weighted by atomic mass is 9.43. The van der Waals surface area contributed by atoms with Gasteiger partial charge in [-0.2, -0.15) is 0 Å². The van der Waals surface area contributed by atoms with Crippen LogP contribution in [-0.4, -0.2) is 4.92 Å². The second kappa shape index (κ2) is 4.06. The van der Waals surface area contributed by atoms with Crippen LogP contribution < -0.4 is 0 Å². The molecule has 0 radical (unpaired) electrons. The Labute approximate surface area is 114 Å². The maximum absolute atomic E-state index is 10.7. The minimum Gasteiger partial charge on any atom is -0.258 e. The van der Waals surface area contributed by atoms with Crippen LogP contribution in [0.15, 0.2) is 24.3 Å². The van der Waals surface area contributed by atoms with Crippen LogP contribution >= 0.6 is 0 Å². The largest absolute Gasteiger partial charge is 0.269 e. The van der Waals surface area contributed by atoms with E-state index in [4.69, 9.17) is 0 Å². The van der Waals surface area contributed by atoms with Gasteiger partial charge in [0.05, 0.1) is 4.92 Å². The van der Waals surface area contributed by atoms with E-state index in [0.717, 1.165) is 11.8 Å². The number of non-ortho nitro benzene ring substituents is 1. The van der Waals surface area contributed by atoms with Gasteiger partial charge in [0.2, 0.25) is 0 Å². The summed E-state index contributed by atoms with van der Waals surface area (Å²) >= 11 is 0. The van der Waals surface area contributed by atoms with Crippen molar-refractivity contribution in [2.45, 2.75) is 39.5 Å². The molecule has 4 atom stereocenters. The Hall–Kier alpha value is -1.38. The van der Waals surface area contributed by atoms with E-state index in [1.165, 1.54) is 18.4 Å². The van der Waals surface area contributed by atoms with Crippen molar-refractivity contribution in [2.24, 2.45) is 23.2 Å². The second-order valence-corrected chi connectivity index (χ2v) is 6.91. The first-order chi connectivity index (χ1) is 8.91. The lowest BCUT2D eigenvalue weighted by molar-refractivity contribution is -0.384. The number of hydrogen-bond donors (Lipinski definition) is 0. The van der Waals surface area contributed by atoms with Crippen LogP contribution in [0.4, 0.5) is 5.69 Å². The molecule has 0 heterocycles. The molecule has 0 amide bonds. The predicted molar refractivity (Wildman–Crippen MR) is 75.0 cm³/mol. The van der Waals surface area contributed by atoms with E-state index < -0.39 is 0 Å². The van der Waals surface area contributed by atoms with E-state index in [-0.39, 0.29) is 10.6 Å². The molecular formula is C16H21NO2. The highest BCUT2D eigenvalue weighted by Gasteiger charge is 2.56. The van der Waals surface area contributed by atoms with E-state index in [9.17, 15) is 10.1 Å². The molecule has 1 aromatic rings. The van der Waals surface area contributed by atoms with E-state index in [0.29, 0.717) is 17.3 Å². The minimum absolute atomic E-state index is 0.192. The summed E-state index contributed by atoms with van der Waals surface area (Å²) in [5.74, 6) is 2.90. The average molecular weight is 259 g/mol. The Morgan fingerprint density at radius 1 is 1.21 bits per heavy atom. The number of nitro benzene ring substituents is 1. The first-order valence-corrected chi connectivity index (χ1v) is 7.15. The predicted octanol–water partition coefficient (Wildman–Crippen LogP) is 4.38. The summed E-state index contributed by atoms with van der Waals surface area (Å²) in [5, 5.41) is 10.7. The molecule has 3 fully saturated rings. The fourth-order valence-electron chi connectivity index (χ4n) is 4.43. The molecule has 0 aliphatic heterocycles. The molecule has 0 aromatic heterocycles. The van der Waals surface area contributed by atoms with Crippen LogP contribution in [0.5, 0.6) is 0 Å². The van der Waals surface area contributed by atoms with Crippen LogP contribution in [0.25, 0.3) is 0 Å². The molecule has 1 aromatic carbocycles. The van der Waals surface area contributed by atoms with E-state index in [2.05, 4.69) is 20.8 Å². The molecule has 3 saturated carbocycles. The van der Waals surface area contributed by atoms with E-state index in [1.807, 2.05) is 12.1 Å². The lowest BCUT2D eigenvalue weighted by Gasteiger charge is -2.62. The quantitative estimate of drug-likeness (QED) is 0.584. The van der Waals surface area contributed by atoms with Crippen molar-refractivity contribution in [3.05, 3.63) is 39.9 Å². The zero-order valence-corrected chi connectivity index (χ0v) is 11.8. The highest BCUT2D eigenvalue weighted by atomic mass is 16.6. The van der Waals surface area contributed by atoms with Gasteiger partial charge in [-0.05, 0) is 47.5 Å². The third-order valence-electron chi connectivity index (χ3n) is 5.89. The molecule has 102 valence electrons. The summed E-state index contributed by atoms with van der Waals surface area (Å²) < 4.78 is 0. The number of nitro groups is 1. The Morgan fingerprint density at radius 2 is 1.84 bits per heavy atom. The number of nitrogens with zero attached hydrogens (tertiary/aromatic N) is 1. The monoisotopic (exact) mass is 259 g/mol. The fraction of sp³-hybridized carbons (Fsp3) is 0.625. The van der Waals surface area contributed by atoms with Gasteiger partial charge >= 0.3 is 0 Å². The Bertz CT molecular complexity index is 506. The van der Waals surface area contributed by atoms with E-state index >= 15 is 0 Å². The van der Waals surface area contributed by atoms with Crippen molar-refractivity contribution in [2.75, 3.05) is 0 Å². The SMILES string of the molecule is C[C@H]1C(c2ccc([N+](=O)[O-])cc2)C[C@@H]2C[C@H]1C2(C)C. The van der Waals surface area contributed by atoms with Crippen LogP contribution in [-0.2, 0) is 0 Å². The Morgan fingerprint density at radius 3 is 2.32 bits per heavy atom. The first kappa shape index (κ1) is 12.6. The standard InChI is InChI=1S/C16H21NO2/c1-10-14(8-12-9-15(10)16(12,2)3)11-4-6-13(7-5-11)17(18)19/h4-7,10,12,14-15H,8-9H2,1-3H3/t10-,12+,14?,15+/m0/s1. The first-order valence-electron chi connectivity index (χ1n) is 7.15. The van der Waals surface area contributed by atoms with E-state index in [1.54, 1.807) is 12.1 Å². The summed E-state index contributed by atoms with van der Waals surface area (Å²) in [6.45, 7) is 7.15. The molecule has 3 nitrogen and oxygen atoms in total. The molecule has 0 saturated heterocycles. The van der Waals surface area contributed by atoms with Gasteiger partial charge in [0.1, 0.15) is 0 Å². The van der Waals surface area contributed by atoms with Gasteiger partial charge in [0.25, 0.3) is 5.69 Å². The Kier molecular flexibility index (Phi) is 2.70. The second-order valence-electron chi connectivity index (χ2n) is 6.91. The minimum atomic E-state index is -0.325. The van der Waals surface area contributed by atoms with Crippen LogP contribution in [0.3, 0.4) is 0 Å². The van der Waals surface area contributed by atoms with Gasteiger partial charge in [0, 0.05) is 12.1 Å². The summed E-state index contributed by atoms with van der Waals surface area (Å²) in [7, 11) is 0. The topological polar surface area (TPSA) is 43.1 Å². The molecule has 4 rings (SSSR count). The lowest BCUT2D eigenvalue weighted by Crippen LogP contribution is -2.54. The van der Waals surface area contributed by atoms with Crippen molar-refractivity contribution in [1.29, 1.82) is 0 Å². The number of hydrogen-bond acceptors (Lipinski definition) is 2. The van der Waals surface area contributed by atoms with Crippen molar-refractivity contribution in [3.8, 4) is 0 Å². The van der Waals surface area contributed by atoms with Gasteiger partial charge in [-0.1, -0.05) is 32.9 Å². The zero-order chi connectivity index (χ0) is 13.8. The van der Waals surface area contributed by atoms with Crippen LogP contribution in [0.1, 0.15) is 45.1 Å². The molecule has 3 aliphatic carbocycles. The van der Waals surface area contributed by atoms with Gasteiger partial charge in [-0.15, -0.1) is 0 Å². The van der Waals surface area contributed by atoms with Crippen molar-refractivity contribution >= 4 is 5.69 Å². The molecule has 3 aliphatic rings. The van der Waals surface area contributed by atoms with Gasteiger partial charge in [0.15, 0.2) is 0 Å². The normalized spacial score (nSPS) is 35.5. The smallest absolute Gasteiger partial charge is 0.258 e. The Balaban J connectivity index is 1.82. The zero-order valence-electron chi connectivity index (χ0n) is 11.8. The molecule has 3 heteroatoms. The highest BCUT2D eigenvalue weighted by Crippen LogP contribution is 2.64.